The molecule has 0 aliphatic heterocycles. The Bertz CT molecular complexity index is 857. The Balaban J connectivity index is 1.57. The first-order chi connectivity index (χ1) is 14.0. The van der Waals surface area contributed by atoms with Gasteiger partial charge in [-0.1, -0.05) is 26.2 Å². The highest BCUT2D eigenvalue weighted by molar-refractivity contribution is 5.76. The lowest BCUT2D eigenvalue weighted by Crippen LogP contribution is -2.36. The number of aromatic amines is 1. The standard InChI is InChI=1S/C22H30N4O3/c1-3-15(2)29-18-11-9-16(10-12-18)21-24-22(28)19(25-26-21)13-14-20(27)23-17-7-5-4-6-8-17/h9-12,15,17H,3-8,13-14H2,1-2H3,(H,23,27)(H,24,26,28)/t15-/m0/s1. The van der Waals surface area contributed by atoms with Crippen LogP contribution in [0.3, 0.4) is 0 Å². The van der Waals surface area contributed by atoms with E-state index in [2.05, 4.69) is 27.4 Å². The molecule has 1 heterocycles. The summed E-state index contributed by atoms with van der Waals surface area (Å²) in [6.45, 7) is 4.09. The molecule has 1 amide bonds. The van der Waals surface area contributed by atoms with Crippen LogP contribution in [0, 0.1) is 0 Å². The fraction of sp³-hybridized carbons (Fsp3) is 0.545. The zero-order chi connectivity index (χ0) is 20.6. The lowest BCUT2D eigenvalue weighted by atomic mass is 9.95. The summed E-state index contributed by atoms with van der Waals surface area (Å²) in [7, 11) is 0. The van der Waals surface area contributed by atoms with Crippen LogP contribution in [0.25, 0.3) is 11.4 Å². The lowest BCUT2D eigenvalue weighted by molar-refractivity contribution is -0.122. The quantitative estimate of drug-likeness (QED) is 0.710. The molecule has 1 saturated carbocycles. The monoisotopic (exact) mass is 398 g/mol. The van der Waals surface area contributed by atoms with Gasteiger partial charge in [-0.05, 0) is 50.5 Å². The van der Waals surface area contributed by atoms with Gasteiger partial charge in [0.1, 0.15) is 11.4 Å². The van der Waals surface area contributed by atoms with E-state index in [-0.39, 0.29) is 42.1 Å². The number of aromatic nitrogens is 3. The topological polar surface area (TPSA) is 97.0 Å². The molecule has 1 atom stereocenters. The van der Waals surface area contributed by atoms with Crippen LogP contribution in [0.15, 0.2) is 29.1 Å². The number of ether oxygens (including phenoxy) is 1. The molecule has 1 aromatic carbocycles. The number of amides is 1. The van der Waals surface area contributed by atoms with Crippen molar-refractivity contribution in [2.45, 2.75) is 77.4 Å². The third-order valence-corrected chi connectivity index (χ3v) is 5.36. The van der Waals surface area contributed by atoms with Crippen LogP contribution in [0.4, 0.5) is 0 Å². The highest BCUT2D eigenvalue weighted by Crippen LogP contribution is 2.20. The highest BCUT2D eigenvalue weighted by atomic mass is 16.5. The summed E-state index contributed by atoms with van der Waals surface area (Å²) in [4.78, 5) is 27.3. The van der Waals surface area contributed by atoms with E-state index in [1.165, 1.54) is 19.3 Å². The van der Waals surface area contributed by atoms with E-state index in [4.69, 9.17) is 4.74 Å². The molecule has 1 fully saturated rings. The van der Waals surface area contributed by atoms with Gasteiger partial charge < -0.3 is 15.0 Å². The average molecular weight is 399 g/mol. The van der Waals surface area contributed by atoms with Gasteiger partial charge in [0.05, 0.1) is 6.10 Å². The van der Waals surface area contributed by atoms with E-state index in [0.717, 1.165) is 30.6 Å². The molecular weight excluding hydrogens is 368 g/mol. The second-order valence-corrected chi connectivity index (χ2v) is 7.71. The van der Waals surface area contributed by atoms with Gasteiger partial charge in [-0.2, -0.15) is 0 Å². The van der Waals surface area contributed by atoms with Crippen LogP contribution < -0.4 is 15.6 Å². The SMILES string of the molecule is CC[C@H](C)Oc1ccc(-c2nnc(CCC(=O)NC3CCCCC3)c(=O)[nH]2)cc1. The summed E-state index contributed by atoms with van der Waals surface area (Å²) < 4.78 is 5.76. The average Bonchev–Trinajstić information content (AvgIpc) is 2.74. The number of nitrogens with one attached hydrogen (secondary N) is 2. The number of nitrogens with zero attached hydrogens (tertiary/aromatic N) is 2. The molecule has 0 bridgehead atoms. The molecule has 156 valence electrons. The number of carbonyl (C=O) groups is 1. The van der Waals surface area contributed by atoms with Gasteiger partial charge >= 0.3 is 0 Å². The van der Waals surface area contributed by atoms with Crippen molar-refractivity contribution in [2.24, 2.45) is 0 Å². The molecule has 0 spiro atoms. The van der Waals surface area contributed by atoms with Gasteiger partial charge in [0.15, 0.2) is 5.82 Å². The van der Waals surface area contributed by atoms with Crippen molar-refractivity contribution in [1.82, 2.24) is 20.5 Å². The molecule has 29 heavy (non-hydrogen) atoms. The van der Waals surface area contributed by atoms with Crippen LogP contribution in [-0.4, -0.2) is 33.2 Å². The number of carbonyl (C=O) groups excluding carboxylic acids is 1. The minimum atomic E-state index is -0.305. The van der Waals surface area contributed by atoms with Crippen LogP contribution >= 0.6 is 0 Å². The lowest BCUT2D eigenvalue weighted by Gasteiger charge is -2.22. The van der Waals surface area contributed by atoms with Crippen molar-refractivity contribution in [3.8, 4) is 17.1 Å². The fourth-order valence-corrected chi connectivity index (χ4v) is 3.44. The minimum absolute atomic E-state index is 0.0286. The summed E-state index contributed by atoms with van der Waals surface area (Å²) in [6, 6.07) is 7.66. The molecule has 1 aliphatic carbocycles. The minimum Gasteiger partial charge on any atom is -0.491 e. The van der Waals surface area contributed by atoms with E-state index >= 15 is 0 Å². The smallest absolute Gasteiger partial charge is 0.273 e. The van der Waals surface area contributed by atoms with Crippen LogP contribution in [0.1, 0.15) is 64.5 Å². The molecule has 2 N–H and O–H groups in total. The Morgan fingerprint density at radius 1 is 1.21 bits per heavy atom. The van der Waals surface area contributed by atoms with Crippen LogP contribution in [0.5, 0.6) is 5.75 Å². The fourth-order valence-electron chi connectivity index (χ4n) is 3.44. The predicted molar refractivity (Wildman–Crippen MR) is 112 cm³/mol. The Labute approximate surface area is 171 Å². The van der Waals surface area contributed by atoms with Gasteiger partial charge in [0.2, 0.25) is 5.91 Å². The summed E-state index contributed by atoms with van der Waals surface area (Å²) in [5.41, 5.74) is 0.734. The van der Waals surface area contributed by atoms with Crippen molar-refractivity contribution in [2.75, 3.05) is 0 Å². The summed E-state index contributed by atoms with van der Waals surface area (Å²) in [6.07, 6.45) is 7.28. The third-order valence-electron chi connectivity index (χ3n) is 5.36. The maximum atomic E-state index is 12.4. The summed E-state index contributed by atoms with van der Waals surface area (Å²) >= 11 is 0. The normalized spacial score (nSPS) is 15.7. The number of benzene rings is 1. The second-order valence-electron chi connectivity index (χ2n) is 7.71. The van der Waals surface area contributed by atoms with Gasteiger partial charge in [0.25, 0.3) is 5.56 Å². The molecule has 3 rings (SSSR count). The molecule has 0 unspecified atom stereocenters. The molecule has 0 radical (unpaired) electrons. The van der Waals surface area contributed by atoms with Gasteiger partial charge in [-0.3, -0.25) is 9.59 Å². The Kier molecular flexibility index (Phi) is 7.38. The Hall–Kier alpha value is -2.70. The zero-order valence-electron chi connectivity index (χ0n) is 17.2. The zero-order valence-corrected chi connectivity index (χ0v) is 17.2. The van der Waals surface area contributed by atoms with E-state index in [9.17, 15) is 9.59 Å². The van der Waals surface area contributed by atoms with Crippen molar-refractivity contribution >= 4 is 5.91 Å². The molecule has 7 heteroatoms. The molecule has 7 nitrogen and oxygen atoms in total. The van der Waals surface area contributed by atoms with Crippen molar-refractivity contribution in [3.63, 3.8) is 0 Å². The molecule has 1 aromatic heterocycles. The van der Waals surface area contributed by atoms with E-state index in [1.54, 1.807) is 0 Å². The maximum absolute atomic E-state index is 12.4. The van der Waals surface area contributed by atoms with Gasteiger partial charge in [-0.15, -0.1) is 10.2 Å². The van der Waals surface area contributed by atoms with Crippen LogP contribution in [0.2, 0.25) is 0 Å². The Morgan fingerprint density at radius 2 is 1.93 bits per heavy atom. The number of aryl methyl sites for hydroxylation is 1. The largest absolute Gasteiger partial charge is 0.491 e. The molecular formula is C22H30N4O3. The van der Waals surface area contributed by atoms with Gasteiger partial charge in [-0.25, -0.2) is 0 Å². The molecule has 0 saturated heterocycles. The predicted octanol–water partition coefficient (Wildman–Crippen LogP) is 3.39. The second kappa shape index (κ2) is 10.2. The maximum Gasteiger partial charge on any atom is 0.273 e. The van der Waals surface area contributed by atoms with E-state index in [1.807, 2.05) is 31.2 Å². The van der Waals surface area contributed by atoms with E-state index in [0.29, 0.717) is 5.82 Å². The van der Waals surface area contributed by atoms with Crippen molar-refractivity contribution in [1.29, 1.82) is 0 Å². The van der Waals surface area contributed by atoms with Crippen LogP contribution in [-0.2, 0) is 11.2 Å². The van der Waals surface area contributed by atoms with E-state index < -0.39 is 0 Å². The number of hydrogen-bond donors (Lipinski definition) is 2. The summed E-state index contributed by atoms with van der Waals surface area (Å²) in [5, 5.41) is 11.2. The number of H-pyrrole nitrogens is 1. The van der Waals surface area contributed by atoms with Gasteiger partial charge in [0, 0.05) is 24.4 Å². The first-order valence-corrected chi connectivity index (χ1v) is 10.6. The van der Waals surface area contributed by atoms with Crippen molar-refractivity contribution in [3.05, 3.63) is 40.3 Å². The number of rotatable bonds is 8. The number of hydrogen-bond acceptors (Lipinski definition) is 5. The first kappa shape index (κ1) is 21.0. The molecule has 1 aliphatic rings. The van der Waals surface area contributed by atoms with Crippen molar-refractivity contribution < 1.29 is 9.53 Å². The Morgan fingerprint density at radius 3 is 2.59 bits per heavy atom. The third kappa shape index (κ3) is 6.14. The first-order valence-electron chi connectivity index (χ1n) is 10.6. The summed E-state index contributed by atoms with van der Waals surface area (Å²) in [5.74, 6) is 1.15. The highest BCUT2D eigenvalue weighted by Gasteiger charge is 2.16. The molecule has 2 aromatic rings.